The molecule has 294 valence electrons. The number of hydrogen-bond acceptors (Lipinski definition) is 6. The van der Waals surface area contributed by atoms with E-state index in [2.05, 4.69) is 153 Å². The predicted molar refractivity (Wildman–Crippen MR) is 258 cm³/mol. The molecule has 0 aliphatic heterocycles. The molecule has 0 aliphatic carbocycles. The Labute approximate surface area is 361 Å². The molecule has 0 saturated heterocycles. The van der Waals surface area contributed by atoms with Crippen LogP contribution in [-0.2, 0) is 0 Å². The van der Waals surface area contributed by atoms with Crippen LogP contribution in [0.15, 0.2) is 185 Å². The fourth-order valence-electron chi connectivity index (χ4n) is 8.96. The van der Waals surface area contributed by atoms with Crippen LogP contribution in [0.1, 0.15) is 25.3 Å². The number of unbranched alkanes of at least 4 members (excludes halogenated alkanes) is 1. The molecular formula is C56H37N3O2S. The Kier molecular flexibility index (Phi) is 8.64. The molecule has 0 radical (unpaired) electrons. The summed E-state index contributed by atoms with van der Waals surface area (Å²) >= 11 is 1.78. The Bertz CT molecular complexity index is 3730. The molecule has 6 heteroatoms. The third-order valence-electron chi connectivity index (χ3n) is 11.9. The first-order chi connectivity index (χ1) is 30.7. The molecule has 4 heterocycles. The summed E-state index contributed by atoms with van der Waals surface area (Å²) in [6.07, 6.45) is 6.48. The number of furan rings is 2. The highest BCUT2D eigenvalue weighted by molar-refractivity contribution is 7.26. The third kappa shape index (κ3) is 6.02. The van der Waals surface area contributed by atoms with Crippen molar-refractivity contribution in [3.8, 4) is 56.4 Å². The summed E-state index contributed by atoms with van der Waals surface area (Å²) in [6, 6.07) is 59.3. The SMILES string of the molecule is CCC/C=C\c1cc(-c2cccc3oc4ccc(-c5cccc6oc7ccccc7c56)cc4c23)ccc1-c1nc(-c2ccccc2)nc(-c2cccc3c2sc2ccccc23)n1. The van der Waals surface area contributed by atoms with E-state index in [0.717, 1.165) is 101 Å². The Morgan fingerprint density at radius 1 is 0.452 bits per heavy atom. The Morgan fingerprint density at radius 2 is 1.05 bits per heavy atom. The van der Waals surface area contributed by atoms with Crippen LogP contribution in [0.2, 0.25) is 0 Å². The van der Waals surface area contributed by atoms with Gasteiger partial charge in [-0.25, -0.2) is 15.0 Å². The zero-order valence-corrected chi connectivity index (χ0v) is 34.6. The maximum absolute atomic E-state index is 6.55. The molecule has 12 rings (SSSR count). The van der Waals surface area contributed by atoms with Crippen molar-refractivity contribution in [2.75, 3.05) is 0 Å². The lowest BCUT2D eigenvalue weighted by Crippen LogP contribution is -2.01. The molecule has 0 spiro atoms. The standard InChI is InChI=1S/C56H37N3O2S/c1-2-3-5-17-35-32-36(38-20-13-26-49-52(38)45-33-37(29-31-47(45)61-49)39-21-14-25-48-51(39)43-19-8-10-24-46(43)60-48)28-30-40(35)55-57-54(34-15-6-4-7-16-34)58-56(59-55)44-23-12-22-42-41-18-9-11-27-50(41)62-53(42)44/h4-33H,2-3H2,1H3/b17-5-. The van der Waals surface area contributed by atoms with Gasteiger partial charge in [0.05, 0.1) is 0 Å². The van der Waals surface area contributed by atoms with Crippen LogP contribution in [-0.4, -0.2) is 15.0 Å². The molecule has 0 unspecified atom stereocenters. The van der Waals surface area contributed by atoms with Gasteiger partial charge in [-0.3, -0.25) is 0 Å². The second-order valence-electron chi connectivity index (χ2n) is 15.7. The van der Waals surface area contributed by atoms with Gasteiger partial charge in [0.1, 0.15) is 22.3 Å². The number of nitrogens with zero attached hydrogens (tertiary/aromatic N) is 3. The van der Waals surface area contributed by atoms with E-state index >= 15 is 0 Å². The van der Waals surface area contributed by atoms with Crippen LogP contribution >= 0.6 is 11.3 Å². The van der Waals surface area contributed by atoms with Gasteiger partial charge in [-0.2, -0.15) is 0 Å². The predicted octanol–water partition coefficient (Wildman–Crippen LogP) is 16.2. The lowest BCUT2D eigenvalue weighted by atomic mass is 9.93. The molecule has 0 amide bonds. The van der Waals surface area contributed by atoms with Crippen LogP contribution in [0.5, 0.6) is 0 Å². The van der Waals surface area contributed by atoms with E-state index in [0.29, 0.717) is 17.5 Å². The first-order valence-corrected chi connectivity index (χ1v) is 21.9. The van der Waals surface area contributed by atoms with E-state index in [1.165, 1.54) is 20.2 Å². The van der Waals surface area contributed by atoms with E-state index in [9.17, 15) is 0 Å². The van der Waals surface area contributed by atoms with E-state index < -0.39 is 0 Å². The lowest BCUT2D eigenvalue weighted by molar-refractivity contribution is 0.669. The topological polar surface area (TPSA) is 65.0 Å². The van der Waals surface area contributed by atoms with Crippen molar-refractivity contribution in [2.24, 2.45) is 0 Å². The van der Waals surface area contributed by atoms with Crippen LogP contribution in [0.25, 0.3) is 127 Å². The highest BCUT2D eigenvalue weighted by Crippen LogP contribution is 2.43. The average molecular weight is 816 g/mol. The molecule has 0 bridgehead atoms. The number of fused-ring (bicyclic) bond motifs is 9. The number of benzene rings is 8. The largest absolute Gasteiger partial charge is 0.456 e. The normalized spacial score (nSPS) is 12.0. The molecule has 4 aromatic heterocycles. The van der Waals surface area contributed by atoms with Gasteiger partial charge in [-0.05, 0) is 88.8 Å². The quantitative estimate of drug-likeness (QED) is 0.153. The molecule has 12 aromatic rings. The molecule has 0 aliphatic rings. The highest BCUT2D eigenvalue weighted by atomic mass is 32.1. The molecule has 0 N–H and O–H groups in total. The molecule has 0 atom stereocenters. The Hall–Kier alpha value is -7.67. The smallest absolute Gasteiger partial charge is 0.165 e. The first kappa shape index (κ1) is 36.2. The van der Waals surface area contributed by atoms with E-state index in [1.807, 2.05) is 36.4 Å². The molecule has 62 heavy (non-hydrogen) atoms. The summed E-state index contributed by atoms with van der Waals surface area (Å²) < 4.78 is 15.2. The van der Waals surface area contributed by atoms with Crippen molar-refractivity contribution < 1.29 is 8.83 Å². The summed E-state index contributed by atoms with van der Waals surface area (Å²) in [4.78, 5) is 15.6. The van der Waals surface area contributed by atoms with Crippen LogP contribution in [0.3, 0.4) is 0 Å². The highest BCUT2D eigenvalue weighted by Gasteiger charge is 2.20. The lowest BCUT2D eigenvalue weighted by Gasteiger charge is -2.13. The zero-order valence-electron chi connectivity index (χ0n) is 33.8. The van der Waals surface area contributed by atoms with Gasteiger partial charge < -0.3 is 8.83 Å². The van der Waals surface area contributed by atoms with Crippen molar-refractivity contribution >= 4 is 81.5 Å². The number of hydrogen-bond donors (Lipinski definition) is 0. The van der Waals surface area contributed by atoms with Gasteiger partial charge in [0, 0.05) is 58.4 Å². The summed E-state index contributed by atoms with van der Waals surface area (Å²) in [6.45, 7) is 2.20. The second-order valence-corrected chi connectivity index (χ2v) is 16.8. The summed E-state index contributed by atoms with van der Waals surface area (Å²) in [5.74, 6) is 1.93. The van der Waals surface area contributed by atoms with Crippen LogP contribution < -0.4 is 0 Å². The van der Waals surface area contributed by atoms with Crippen molar-refractivity contribution in [2.45, 2.75) is 19.8 Å². The molecule has 0 fully saturated rings. The number of aromatic nitrogens is 3. The minimum atomic E-state index is 0.632. The van der Waals surface area contributed by atoms with E-state index in [4.69, 9.17) is 23.8 Å². The number of allylic oxidation sites excluding steroid dienone is 1. The van der Waals surface area contributed by atoms with E-state index in [1.54, 1.807) is 11.3 Å². The maximum atomic E-state index is 6.55. The summed E-state index contributed by atoms with van der Waals surface area (Å²) in [5, 5.41) is 6.82. The zero-order chi connectivity index (χ0) is 41.1. The van der Waals surface area contributed by atoms with Crippen molar-refractivity contribution in [1.29, 1.82) is 0 Å². The van der Waals surface area contributed by atoms with Gasteiger partial charge >= 0.3 is 0 Å². The van der Waals surface area contributed by atoms with Gasteiger partial charge in [-0.15, -0.1) is 11.3 Å². The van der Waals surface area contributed by atoms with Gasteiger partial charge in [0.15, 0.2) is 17.5 Å². The minimum absolute atomic E-state index is 0.632. The number of rotatable bonds is 8. The summed E-state index contributed by atoms with van der Waals surface area (Å²) in [7, 11) is 0. The van der Waals surface area contributed by atoms with Crippen molar-refractivity contribution in [3.05, 3.63) is 181 Å². The average Bonchev–Trinajstić information content (AvgIpc) is 4.03. The minimum Gasteiger partial charge on any atom is -0.456 e. The van der Waals surface area contributed by atoms with Crippen LogP contribution in [0.4, 0.5) is 0 Å². The first-order valence-electron chi connectivity index (χ1n) is 21.1. The fraction of sp³-hybridized carbons (Fsp3) is 0.0536. The molecule has 0 saturated carbocycles. The number of thiophene rings is 1. The van der Waals surface area contributed by atoms with Gasteiger partial charge in [0.25, 0.3) is 0 Å². The van der Waals surface area contributed by atoms with Gasteiger partial charge in [-0.1, -0.05) is 141 Å². The number of para-hydroxylation sites is 1. The van der Waals surface area contributed by atoms with Crippen molar-refractivity contribution in [3.63, 3.8) is 0 Å². The van der Waals surface area contributed by atoms with E-state index in [-0.39, 0.29) is 0 Å². The third-order valence-corrected chi connectivity index (χ3v) is 13.1. The van der Waals surface area contributed by atoms with Crippen molar-refractivity contribution in [1.82, 2.24) is 15.0 Å². The Balaban J connectivity index is 1.03. The Morgan fingerprint density at radius 3 is 1.85 bits per heavy atom. The van der Waals surface area contributed by atoms with Crippen LogP contribution in [0, 0.1) is 0 Å². The molecule has 8 aromatic carbocycles. The fourth-order valence-corrected chi connectivity index (χ4v) is 10.2. The monoisotopic (exact) mass is 815 g/mol. The molecular weight excluding hydrogens is 779 g/mol. The summed E-state index contributed by atoms with van der Waals surface area (Å²) in [5.41, 5.74) is 11.8. The van der Waals surface area contributed by atoms with Gasteiger partial charge in [0.2, 0.25) is 0 Å². The maximum Gasteiger partial charge on any atom is 0.165 e. The molecule has 5 nitrogen and oxygen atoms in total. The second kappa shape index (κ2) is 14.8.